The monoisotopic (exact) mass is 220 g/mol. The molecule has 0 amide bonds. The van der Waals surface area contributed by atoms with E-state index in [1.165, 1.54) is 36.9 Å². The molecule has 0 aliphatic carbocycles. The molecule has 0 aromatic heterocycles. The summed E-state index contributed by atoms with van der Waals surface area (Å²) in [7, 11) is 0. The summed E-state index contributed by atoms with van der Waals surface area (Å²) in [6.45, 7) is 4.78. The van der Waals surface area contributed by atoms with Gasteiger partial charge in [-0.05, 0) is 25.3 Å². The van der Waals surface area contributed by atoms with Crippen molar-refractivity contribution in [2.75, 3.05) is 13.2 Å². The number of rotatable bonds is 3. The van der Waals surface area contributed by atoms with Crippen molar-refractivity contribution in [1.29, 1.82) is 0 Å². The Morgan fingerprint density at radius 3 is 2.88 bits per heavy atom. The topological polar surface area (TPSA) is 24.7 Å². The summed E-state index contributed by atoms with van der Waals surface area (Å²) in [5.41, 5.74) is 2.80. The Morgan fingerprint density at radius 1 is 1.31 bits per heavy atom. The van der Waals surface area contributed by atoms with Gasteiger partial charge in [0, 0.05) is 12.0 Å². The Bertz CT molecular complexity index is 337. The molecule has 1 aliphatic heterocycles. The number of quaternary nitrogens is 1. The molecule has 2 nitrogen and oxygen atoms in total. The van der Waals surface area contributed by atoms with Gasteiger partial charge in [0.25, 0.3) is 0 Å². The molecule has 2 atom stereocenters. The van der Waals surface area contributed by atoms with Gasteiger partial charge in [-0.2, -0.15) is 0 Å². The normalized spacial score (nSPS) is 25.6. The Labute approximate surface area is 97.9 Å². The molecule has 88 valence electrons. The molecule has 1 aromatic rings. The third kappa shape index (κ3) is 2.63. The fourth-order valence-corrected chi connectivity index (χ4v) is 2.66. The molecule has 0 saturated carbocycles. The number of nitrogens with one attached hydrogen (secondary N) is 1. The average molecular weight is 220 g/mol. The van der Waals surface area contributed by atoms with Gasteiger partial charge in [0.15, 0.2) is 0 Å². The largest absolute Gasteiger partial charge is 0.390 e. The van der Waals surface area contributed by atoms with Crippen LogP contribution in [0.2, 0.25) is 0 Å². The first-order chi connectivity index (χ1) is 7.81. The van der Waals surface area contributed by atoms with Gasteiger partial charge < -0.3 is 10.0 Å². The molecule has 16 heavy (non-hydrogen) atoms. The zero-order valence-corrected chi connectivity index (χ0v) is 10.1. The molecule has 2 heteroatoms. The highest BCUT2D eigenvalue weighted by Gasteiger charge is 2.25. The highest BCUT2D eigenvalue weighted by Crippen LogP contribution is 2.08. The van der Waals surface area contributed by atoms with Crippen LogP contribution in [0.1, 0.15) is 30.4 Å². The second-order valence-electron chi connectivity index (χ2n) is 4.89. The number of hydrogen-bond donors (Lipinski definition) is 2. The highest BCUT2D eigenvalue weighted by atomic mass is 16.3. The summed E-state index contributed by atoms with van der Waals surface area (Å²) in [5, 5.41) is 9.39. The van der Waals surface area contributed by atoms with Crippen molar-refractivity contribution in [2.24, 2.45) is 0 Å². The van der Waals surface area contributed by atoms with Gasteiger partial charge in [0.05, 0.1) is 13.2 Å². The predicted molar refractivity (Wildman–Crippen MR) is 65.4 cm³/mol. The van der Waals surface area contributed by atoms with Crippen LogP contribution in [0.15, 0.2) is 24.3 Å². The van der Waals surface area contributed by atoms with E-state index in [9.17, 15) is 5.11 Å². The Hall–Kier alpha value is -0.860. The van der Waals surface area contributed by atoms with Gasteiger partial charge in [0.1, 0.15) is 12.6 Å². The van der Waals surface area contributed by atoms with Gasteiger partial charge in [0.2, 0.25) is 0 Å². The highest BCUT2D eigenvalue weighted by molar-refractivity contribution is 5.24. The van der Waals surface area contributed by atoms with E-state index in [0.717, 1.165) is 6.54 Å². The third-order valence-corrected chi connectivity index (χ3v) is 3.78. The number of hydrogen-bond acceptors (Lipinski definition) is 1. The van der Waals surface area contributed by atoms with Gasteiger partial charge in [-0.15, -0.1) is 0 Å². The van der Waals surface area contributed by atoms with E-state index in [1.807, 2.05) is 0 Å². The zero-order chi connectivity index (χ0) is 11.4. The molecular formula is C14H22NO+. The number of likely N-dealkylation sites (tertiary alicyclic amines) is 1. The third-order valence-electron chi connectivity index (χ3n) is 3.78. The van der Waals surface area contributed by atoms with Crippen molar-refractivity contribution >= 4 is 0 Å². The summed E-state index contributed by atoms with van der Waals surface area (Å²) in [6, 6.07) is 9.04. The van der Waals surface area contributed by atoms with E-state index in [2.05, 4.69) is 31.2 Å². The second-order valence-corrected chi connectivity index (χ2v) is 4.89. The molecule has 1 saturated heterocycles. The van der Waals surface area contributed by atoms with Crippen LogP contribution >= 0.6 is 0 Å². The molecule has 1 heterocycles. The van der Waals surface area contributed by atoms with Crippen molar-refractivity contribution in [3.8, 4) is 0 Å². The lowest BCUT2D eigenvalue weighted by molar-refractivity contribution is -0.944. The van der Waals surface area contributed by atoms with Crippen LogP contribution in [0.25, 0.3) is 0 Å². The number of benzene rings is 1. The number of aliphatic hydroxyl groups excluding tert-OH is 1. The van der Waals surface area contributed by atoms with Crippen LogP contribution in [0, 0.1) is 6.92 Å². The SMILES string of the molecule is Cc1ccccc1C[NH+]1CCCC[C@H]1CO. The summed E-state index contributed by atoms with van der Waals surface area (Å²) in [4.78, 5) is 1.56. The molecule has 1 aromatic carbocycles. The van der Waals surface area contributed by atoms with Crippen LogP contribution in [0.4, 0.5) is 0 Å². The van der Waals surface area contributed by atoms with Gasteiger partial charge in [-0.3, -0.25) is 0 Å². The van der Waals surface area contributed by atoms with Gasteiger partial charge in [-0.1, -0.05) is 24.3 Å². The van der Waals surface area contributed by atoms with Crippen LogP contribution in [0.5, 0.6) is 0 Å². The lowest BCUT2D eigenvalue weighted by Gasteiger charge is -2.31. The second kappa shape index (κ2) is 5.46. The zero-order valence-electron chi connectivity index (χ0n) is 10.1. The smallest absolute Gasteiger partial charge is 0.111 e. The van der Waals surface area contributed by atoms with E-state index in [0.29, 0.717) is 12.6 Å². The van der Waals surface area contributed by atoms with Crippen molar-refractivity contribution in [2.45, 2.75) is 38.8 Å². The molecular weight excluding hydrogens is 198 g/mol. The van der Waals surface area contributed by atoms with Crippen molar-refractivity contribution < 1.29 is 10.0 Å². The van der Waals surface area contributed by atoms with Crippen molar-refractivity contribution in [3.05, 3.63) is 35.4 Å². The minimum absolute atomic E-state index is 0.335. The lowest BCUT2D eigenvalue weighted by atomic mass is 10.0. The van der Waals surface area contributed by atoms with Crippen LogP contribution < -0.4 is 4.90 Å². The quantitative estimate of drug-likeness (QED) is 0.778. The minimum Gasteiger partial charge on any atom is -0.390 e. The van der Waals surface area contributed by atoms with E-state index in [-0.39, 0.29) is 0 Å². The predicted octanol–water partition coefficient (Wildman–Crippen LogP) is 0.925. The van der Waals surface area contributed by atoms with Crippen molar-refractivity contribution in [3.63, 3.8) is 0 Å². The molecule has 0 radical (unpaired) electrons. The van der Waals surface area contributed by atoms with E-state index < -0.39 is 0 Å². The maximum absolute atomic E-state index is 9.39. The molecule has 2 N–H and O–H groups in total. The summed E-state index contributed by atoms with van der Waals surface area (Å²) in [6.07, 6.45) is 3.76. The maximum Gasteiger partial charge on any atom is 0.111 e. The van der Waals surface area contributed by atoms with Crippen LogP contribution in [0.3, 0.4) is 0 Å². The Balaban J connectivity index is 2.05. The van der Waals surface area contributed by atoms with Gasteiger partial charge >= 0.3 is 0 Å². The Kier molecular flexibility index (Phi) is 3.97. The molecule has 2 rings (SSSR count). The summed E-state index contributed by atoms with van der Waals surface area (Å²) >= 11 is 0. The summed E-state index contributed by atoms with van der Waals surface area (Å²) < 4.78 is 0. The lowest BCUT2D eigenvalue weighted by Crippen LogP contribution is -3.16. The number of aryl methyl sites for hydroxylation is 1. The molecule has 1 fully saturated rings. The van der Waals surface area contributed by atoms with Crippen molar-refractivity contribution in [1.82, 2.24) is 0 Å². The Morgan fingerprint density at radius 2 is 2.12 bits per heavy atom. The number of aliphatic hydroxyl groups is 1. The minimum atomic E-state index is 0.335. The average Bonchev–Trinajstić information content (AvgIpc) is 2.33. The fraction of sp³-hybridized carbons (Fsp3) is 0.571. The fourth-order valence-electron chi connectivity index (χ4n) is 2.66. The molecule has 0 bridgehead atoms. The van der Waals surface area contributed by atoms with E-state index >= 15 is 0 Å². The first kappa shape index (κ1) is 11.6. The molecule has 0 spiro atoms. The molecule has 1 unspecified atom stereocenters. The first-order valence-corrected chi connectivity index (χ1v) is 6.31. The van der Waals surface area contributed by atoms with Gasteiger partial charge in [-0.25, -0.2) is 0 Å². The van der Waals surface area contributed by atoms with Crippen LogP contribution in [-0.2, 0) is 6.54 Å². The molecule has 1 aliphatic rings. The van der Waals surface area contributed by atoms with Crippen LogP contribution in [-0.4, -0.2) is 24.3 Å². The first-order valence-electron chi connectivity index (χ1n) is 6.31. The number of piperidine rings is 1. The van der Waals surface area contributed by atoms with E-state index in [1.54, 1.807) is 4.90 Å². The maximum atomic E-state index is 9.39. The van der Waals surface area contributed by atoms with E-state index in [4.69, 9.17) is 0 Å². The standard InChI is InChI=1S/C14H21NO/c1-12-6-2-3-7-13(12)10-15-9-5-4-8-14(15)11-16/h2-3,6-7,14,16H,4-5,8-11H2,1H3/p+1/t14-/m0/s1. The summed E-state index contributed by atoms with van der Waals surface area (Å²) in [5.74, 6) is 0.